The topological polar surface area (TPSA) is 173 Å². The van der Waals surface area contributed by atoms with E-state index in [1.54, 1.807) is 98.7 Å². The summed E-state index contributed by atoms with van der Waals surface area (Å²) in [5.74, 6) is 0.598. The Labute approximate surface area is 445 Å². The van der Waals surface area contributed by atoms with Gasteiger partial charge < -0.3 is 28.4 Å². The van der Waals surface area contributed by atoms with Crippen LogP contribution in [0.3, 0.4) is 0 Å². The average Bonchev–Trinajstić information content (AvgIpc) is 3.14. The van der Waals surface area contributed by atoms with Crippen LogP contribution in [0.4, 0.5) is 14.4 Å². The fourth-order valence-electron chi connectivity index (χ4n) is 8.17. The first kappa shape index (κ1) is 61.4. The third-order valence-corrected chi connectivity index (χ3v) is 11.7. The molecule has 0 spiro atoms. The van der Waals surface area contributed by atoms with E-state index in [0.29, 0.717) is 33.4 Å². The van der Waals surface area contributed by atoms with Crippen molar-refractivity contribution in [3.63, 3.8) is 0 Å². The van der Waals surface area contributed by atoms with Crippen LogP contribution in [0.1, 0.15) is 220 Å². The van der Waals surface area contributed by atoms with Crippen LogP contribution in [0.25, 0.3) is 17.1 Å². The van der Waals surface area contributed by atoms with E-state index in [0.717, 1.165) is 13.7 Å². The van der Waals surface area contributed by atoms with Crippen molar-refractivity contribution in [3.8, 4) is 34.3 Å². The normalized spacial score (nSPS) is 13.3. The second-order valence-electron chi connectivity index (χ2n) is 28.7. The Morgan fingerprint density at radius 3 is 0.560 bits per heavy atom. The molecule has 15 heteroatoms. The zero-order chi connectivity index (χ0) is 58.1. The highest BCUT2D eigenvalue weighted by Crippen LogP contribution is 2.45. The molecule has 0 fully saturated rings. The van der Waals surface area contributed by atoms with Crippen molar-refractivity contribution < 1.29 is 42.8 Å². The number of carbonyl (C=O) groups excluding carboxylic acids is 3. The van der Waals surface area contributed by atoms with Crippen molar-refractivity contribution in [3.05, 3.63) is 101 Å². The standard InChI is InChI=1S/C60H87N3O12/c1-52(2,3)37-28-34(29-38(53(4,5)6)43(37)70-49(67)73-58(19,20)21)61-46(64)62(35-30-39(54(7,8)9)44(40(31-35)55(10,11)12)71-50(68)74-59(22,23)24)48(66)63(47(61)65)36-32-41(56(13,14)15)45(42(33-36)57(16,17)18)72-51(69)75-60(25,26)27/h28-33H,1-27H3. The molecule has 4 aromatic rings. The van der Waals surface area contributed by atoms with Crippen molar-refractivity contribution in [1.29, 1.82) is 0 Å². The number of aromatic nitrogens is 3. The minimum atomic E-state index is -1.01. The zero-order valence-corrected chi connectivity index (χ0v) is 50.2. The molecule has 0 unspecified atom stereocenters. The third-order valence-electron chi connectivity index (χ3n) is 11.7. The minimum absolute atomic E-state index is 0.0767. The second kappa shape index (κ2) is 20.1. The molecule has 1 heterocycles. The molecule has 0 aliphatic carbocycles. The molecule has 0 N–H and O–H groups in total. The van der Waals surface area contributed by atoms with E-state index >= 15 is 14.4 Å². The zero-order valence-electron chi connectivity index (χ0n) is 50.2. The van der Waals surface area contributed by atoms with Crippen LogP contribution in [0, 0.1) is 0 Å². The molecule has 0 saturated carbocycles. The molecule has 15 nitrogen and oxygen atoms in total. The lowest BCUT2D eigenvalue weighted by Gasteiger charge is -2.31. The summed E-state index contributed by atoms with van der Waals surface area (Å²) in [7, 11) is 0. The number of nitrogens with zero attached hydrogens (tertiary/aromatic N) is 3. The maximum Gasteiger partial charge on any atom is 0.514 e. The number of rotatable bonds is 6. The Hall–Kier alpha value is -6.12. The summed E-state index contributed by atoms with van der Waals surface area (Å²) in [5.41, 5.74) is -7.30. The summed E-state index contributed by atoms with van der Waals surface area (Å²) in [6.07, 6.45) is -2.82. The first-order valence-electron chi connectivity index (χ1n) is 25.7. The molecule has 0 aliphatic rings. The molecule has 1 aromatic heterocycles. The lowest BCUT2D eigenvalue weighted by molar-refractivity contribution is 0.0186. The van der Waals surface area contributed by atoms with Gasteiger partial charge in [0, 0.05) is 33.4 Å². The minimum Gasteiger partial charge on any atom is -0.428 e. The SMILES string of the molecule is CC(C)(C)OC(=O)Oc1c(C(C)(C)C)cc(-n2c(=O)n(-c3cc(C(C)(C)C)c(OC(=O)OC(C)(C)C)c(C(C)(C)C)c3)c(=O)n(-c3cc(C(C)(C)C)c(OC(=O)OC(C)(C)C)c(C(C)(C)C)c3)c2=O)cc1C(C)(C)C. The van der Waals surface area contributed by atoms with Crippen molar-refractivity contribution in [2.75, 3.05) is 0 Å². The first-order chi connectivity index (χ1) is 33.3. The maximum absolute atomic E-state index is 15.9. The van der Waals surface area contributed by atoms with Crippen molar-refractivity contribution in [2.24, 2.45) is 0 Å². The number of hydrogen-bond donors (Lipinski definition) is 0. The van der Waals surface area contributed by atoms with E-state index in [1.807, 2.05) is 125 Å². The fraction of sp³-hybridized carbons (Fsp3) is 0.600. The fourth-order valence-corrected chi connectivity index (χ4v) is 8.17. The molecule has 0 atom stereocenters. The number of benzene rings is 3. The van der Waals surface area contributed by atoms with Gasteiger partial charge in [-0.15, -0.1) is 0 Å². The van der Waals surface area contributed by atoms with Crippen molar-refractivity contribution >= 4 is 18.5 Å². The summed E-state index contributed by atoms with van der Waals surface area (Å²) < 4.78 is 38.0. The van der Waals surface area contributed by atoms with Gasteiger partial charge in [-0.05, 0) is 131 Å². The van der Waals surface area contributed by atoms with E-state index in [2.05, 4.69) is 0 Å². The average molecular weight is 1040 g/mol. The molecule has 0 bridgehead atoms. The van der Waals surface area contributed by atoms with E-state index < -0.39 is 84.8 Å². The predicted molar refractivity (Wildman–Crippen MR) is 296 cm³/mol. The van der Waals surface area contributed by atoms with E-state index in [4.69, 9.17) is 28.4 Å². The van der Waals surface area contributed by atoms with Crippen LogP contribution in [0.2, 0.25) is 0 Å². The first-order valence-corrected chi connectivity index (χ1v) is 25.7. The van der Waals surface area contributed by atoms with Crippen LogP contribution < -0.4 is 31.3 Å². The van der Waals surface area contributed by atoms with Gasteiger partial charge in [-0.2, -0.15) is 0 Å². The predicted octanol–water partition coefficient (Wildman–Crippen LogP) is 13.9. The van der Waals surface area contributed by atoms with Gasteiger partial charge in [-0.1, -0.05) is 125 Å². The number of hydrogen-bond acceptors (Lipinski definition) is 12. The molecular formula is C60H87N3O12. The summed E-state index contributed by atoms with van der Waals surface area (Å²) in [5, 5.41) is 0. The Balaban J connectivity index is 2.45. The van der Waals surface area contributed by atoms with Crippen LogP contribution in [0.15, 0.2) is 50.8 Å². The largest absolute Gasteiger partial charge is 0.514 e. The van der Waals surface area contributed by atoms with Gasteiger partial charge in [0.05, 0.1) is 17.1 Å². The van der Waals surface area contributed by atoms with Crippen LogP contribution in [-0.2, 0) is 46.7 Å². The molecule has 75 heavy (non-hydrogen) atoms. The highest BCUT2D eigenvalue weighted by atomic mass is 16.7. The monoisotopic (exact) mass is 1040 g/mol. The number of ether oxygens (including phenoxy) is 6. The van der Waals surface area contributed by atoms with Crippen LogP contribution >= 0.6 is 0 Å². The van der Waals surface area contributed by atoms with E-state index in [1.165, 1.54) is 0 Å². The van der Waals surface area contributed by atoms with Gasteiger partial charge in [-0.3, -0.25) is 0 Å². The van der Waals surface area contributed by atoms with Gasteiger partial charge in [0.25, 0.3) is 0 Å². The molecule has 0 amide bonds. The molecular weight excluding hydrogens is 955 g/mol. The summed E-state index contributed by atoms with van der Waals surface area (Å²) in [4.78, 5) is 88.1. The maximum atomic E-state index is 15.9. The Kier molecular flexibility index (Phi) is 16.5. The van der Waals surface area contributed by atoms with Crippen molar-refractivity contribution in [2.45, 2.75) is 236 Å². The van der Waals surface area contributed by atoms with Gasteiger partial charge in [0.15, 0.2) is 0 Å². The molecule has 0 aliphatic heterocycles. The summed E-state index contributed by atoms with van der Waals surface area (Å²) >= 11 is 0. The third kappa shape index (κ3) is 14.8. The molecule has 3 aromatic carbocycles. The molecule has 4 rings (SSSR count). The Morgan fingerprint density at radius 2 is 0.440 bits per heavy atom. The van der Waals surface area contributed by atoms with E-state index in [9.17, 15) is 14.4 Å². The molecule has 0 saturated heterocycles. The Morgan fingerprint density at radius 1 is 0.293 bits per heavy atom. The smallest absolute Gasteiger partial charge is 0.428 e. The summed E-state index contributed by atoms with van der Waals surface area (Å²) in [6.45, 7) is 50.0. The highest BCUT2D eigenvalue weighted by Gasteiger charge is 2.37. The second-order valence-corrected chi connectivity index (χ2v) is 28.7. The van der Waals surface area contributed by atoms with Crippen molar-refractivity contribution in [1.82, 2.24) is 13.7 Å². The quantitative estimate of drug-likeness (QED) is 0.102. The number of carbonyl (C=O) groups is 3. The van der Waals surface area contributed by atoms with Crippen LogP contribution in [-0.4, -0.2) is 49.0 Å². The summed E-state index contributed by atoms with van der Waals surface area (Å²) in [6, 6.07) is 9.72. The highest BCUT2D eigenvalue weighted by molar-refractivity contribution is 5.70. The lowest BCUT2D eigenvalue weighted by atomic mass is 9.79. The van der Waals surface area contributed by atoms with E-state index in [-0.39, 0.29) is 34.3 Å². The molecule has 414 valence electrons. The van der Waals surface area contributed by atoms with Gasteiger partial charge in [0.2, 0.25) is 0 Å². The molecule has 0 radical (unpaired) electrons. The van der Waals surface area contributed by atoms with Gasteiger partial charge in [-0.25, -0.2) is 42.5 Å². The lowest BCUT2D eigenvalue weighted by Crippen LogP contribution is -2.53. The van der Waals surface area contributed by atoms with Crippen LogP contribution in [0.5, 0.6) is 17.2 Å². The van der Waals surface area contributed by atoms with Gasteiger partial charge in [0.1, 0.15) is 34.1 Å². The Bertz CT molecular complexity index is 2580. The van der Waals surface area contributed by atoms with Gasteiger partial charge >= 0.3 is 35.5 Å².